The highest BCUT2D eigenvalue weighted by molar-refractivity contribution is 5.75. The van der Waals surface area contributed by atoms with Crippen molar-refractivity contribution >= 4 is 5.97 Å². The zero-order chi connectivity index (χ0) is 15.5. The topological polar surface area (TPSA) is 41.6 Å². The number of hydrogen-bond donors (Lipinski definition) is 1. The maximum Gasteiger partial charge on any atom is 0.323 e. The molecule has 1 N–H and O–H groups in total. The molecule has 0 aromatic carbocycles. The zero-order valence-corrected chi connectivity index (χ0v) is 14.2. The number of hydrogen-bond acceptors (Lipinski definition) is 4. The van der Waals surface area contributed by atoms with E-state index in [1.54, 1.807) is 0 Å². The molecule has 0 heterocycles. The van der Waals surface area contributed by atoms with Crippen molar-refractivity contribution in [2.45, 2.75) is 66.5 Å². The summed E-state index contributed by atoms with van der Waals surface area (Å²) in [5.41, 5.74) is 0. The fourth-order valence-corrected chi connectivity index (χ4v) is 2.19. The summed E-state index contributed by atoms with van der Waals surface area (Å²) in [6, 6.07) is 0.328. The van der Waals surface area contributed by atoms with Gasteiger partial charge in [-0.3, -0.25) is 4.79 Å². The number of esters is 1. The number of nitrogens with one attached hydrogen (secondary N) is 1. The molecule has 0 spiro atoms. The second-order valence-corrected chi connectivity index (χ2v) is 6.03. The van der Waals surface area contributed by atoms with Crippen molar-refractivity contribution in [3.63, 3.8) is 0 Å². The lowest BCUT2D eigenvalue weighted by molar-refractivity contribution is -0.146. The van der Waals surface area contributed by atoms with Gasteiger partial charge < -0.3 is 15.0 Å². The molecule has 1 unspecified atom stereocenters. The standard InChI is InChI=1S/C16H34N2O2/c1-7-10-17-15(16(19)20-8-2)9-11-18(14(5)6)12-13(3)4/h13-15,17H,7-12H2,1-6H3. The minimum Gasteiger partial charge on any atom is -0.465 e. The van der Waals surface area contributed by atoms with Gasteiger partial charge in [-0.25, -0.2) is 0 Å². The molecule has 0 amide bonds. The molecule has 0 rings (SSSR count). The van der Waals surface area contributed by atoms with Crippen LogP contribution in [-0.4, -0.2) is 49.2 Å². The van der Waals surface area contributed by atoms with Crippen LogP contribution < -0.4 is 5.32 Å². The van der Waals surface area contributed by atoms with Gasteiger partial charge in [-0.15, -0.1) is 0 Å². The Morgan fingerprint density at radius 1 is 1.20 bits per heavy atom. The largest absolute Gasteiger partial charge is 0.465 e. The third-order valence-corrected chi connectivity index (χ3v) is 3.25. The number of ether oxygens (including phenoxy) is 1. The fourth-order valence-electron chi connectivity index (χ4n) is 2.19. The third kappa shape index (κ3) is 8.54. The van der Waals surface area contributed by atoms with Crippen LogP contribution >= 0.6 is 0 Å². The number of carbonyl (C=O) groups excluding carboxylic acids is 1. The molecule has 0 saturated carbocycles. The summed E-state index contributed by atoms with van der Waals surface area (Å²) in [5.74, 6) is 0.524. The van der Waals surface area contributed by atoms with Crippen LogP contribution in [0.15, 0.2) is 0 Å². The van der Waals surface area contributed by atoms with Gasteiger partial charge in [0.25, 0.3) is 0 Å². The number of nitrogens with zero attached hydrogens (tertiary/aromatic N) is 1. The maximum absolute atomic E-state index is 12.0. The van der Waals surface area contributed by atoms with Crippen molar-refractivity contribution in [3.05, 3.63) is 0 Å². The normalized spacial score (nSPS) is 13.2. The molecule has 4 heteroatoms. The van der Waals surface area contributed by atoms with Crippen molar-refractivity contribution in [2.75, 3.05) is 26.2 Å². The van der Waals surface area contributed by atoms with E-state index in [2.05, 4.69) is 44.8 Å². The lowest BCUT2D eigenvalue weighted by Crippen LogP contribution is -2.43. The first-order chi connectivity index (χ1) is 9.42. The van der Waals surface area contributed by atoms with E-state index < -0.39 is 0 Å². The van der Waals surface area contributed by atoms with Crippen LogP contribution in [-0.2, 0) is 9.53 Å². The Hall–Kier alpha value is -0.610. The summed E-state index contributed by atoms with van der Waals surface area (Å²) in [7, 11) is 0. The quantitative estimate of drug-likeness (QED) is 0.593. The van der Waals surface area contributed by atoms with Crippen molar-refractivity contribution in [1.29, 1.82) is 0 Å². The van der Waals surface area contributed by atoms with Crippen LogP contribution in [0.5, 0.6) is 0 Å². The SMILES string of the molecule is CCCNC(CCN(CC(C)C)C(C)C)C(=O)OCC. The zero-order valence-electron chi connectivity index (χ0n) is 14.2. The minimum atomic E-state index is -0.177. The van der Waals surface area contributed by atoms with E-state index in [0.29, 0.717) is 18.6 Å². The van der Waals surface area contributed by atoms with E-state index >= 15 is 0 Å². The summed E-state index contributed by atoms with van der Waals surface area (Å²) < 4.78 is 5.15. The highest BCUT2D eigenvalue weighted by Crippen LogP contribution is 2.07. The molecule has 120 valence electrons. The minimum absolute atomic E-state index is 0.116. The lowest BCUT2D eigenvalue weighted by Gasteiger charge is -2.29. The molecule has 20 heavy (non-hydrogen) atoms. The molecule has 0 bridgehead atoms. The summed E-state index contributed by atoms with van der Waals surface area (Å²) in [5, 5.41) is 3.30. The lowest BCUT2D eigenvalue weighted by atomic mass is 10.1. The Kier molecular flexibility index (Phi) is 10.8. The molecule has 0 saturated heterocycles. The van der Waals surface area contributed by atoms with Gasteiger partial charge >= 0.3 is 5.97 Å². The average Bonchev–Trinajstić information content (AvgIpc) is 2.36. The predicted octanol–water partition coefficient (Wildman–Crippen LogP) is 2.67. The fraction of sp³-hybridized carbons (Fsp3) is 0.938. The van der Waals surface area contributed by atoms with Gasteiger partial charge in [-0.05, 0) is 46.1 Å². The van der Waals surface area contributed by atoms with E-state index in [0.717, 1.165) is 32.5 Å². The summed E-state index contributed by atoms with van der Waals surface area (Å²) in [6.07, 6.45) is 1.83. The molecule has 0 aliphatic carbocycles. The molecule has 0 fully saturated rings. The highest BCUT2D eigenvalue weighted by Gasteiger charge is 2.21. The average molecular weight is 286 g/mol. The van der Waals surface area contributed by atoms with Crippen LogP contribution in [0.2, 0.25) is 0 Å². The first-order valence-corrected chi connectivity index (χ1v) is 8.06. The molecule has 0 aromatic heterocycles. The summed E-state index contributed by atoms with van der Waals surface area (Å²) >= 11 is 0. The first-order valence-electron chi connectivity index (χ1n) is 8.06. The van der Waals surface area contributed by atoms with E-state index in [-0.39, 0.29) is 12.0 Å². The van der Waals surface area contributed by atoms with E-state index in [1.165, 1.54) is 0 Å². The Morgan fingerprint density at radius 2 is 1.85 bits per heavy atom. The first kappa shape index (κ1) is 19.4. The van der Waals surface area contributed by atoms with Gasteiger partial charge in [0.15, 0.2) is 0 Å². The van der Waals surface area contributed by atoms with Gasteiger partial charge in [-0.1, -0.05) is 20.8 Å². The van der Waals surface area contributed by atoms with Gasteiger partial charge in [0, 0.05) is 19.1 Å². The van der Waals surface area contributed by atoms with Gasteiger partial charge in [0.05, 0.1) is 6.61 Å². The predicted molar refractivity (Wildman–Crippen MR) is 84.9 cm³/mol. The van der Waals surface area contributed by atoms with Crippen LogP contribution in [0.1, 0.15) is 54.4 Å². The Balaban J connectivity index is 4.42. The smallest absolute Gasteiger partial charge is 0.323 e. The van der Waals surface area contributed by atoms with Crippen LogP contribution in [0.25, 0.3) is 0 Å². The van der Waals surface area contributed by atoms with Crippen molar-refractivity contribution < 1.29 is 9.53 Å². The number of carbonyl (C=O) groups is 1. The van der Waals surface area contributed by atoms with Crippen LogP contribution in [0.3, 0.4) is 0 Å². The molecule has 1 atom stereocenters. The summed E-state index contributed by atoms with van der Waals surface area (Å²) in [6.45, 7) is 16.1. The van der Waals surface area contributed by atoms with E-state index in [1.807, 2.05) is 6.92 Å². The summed E-state index contributed by atoms with van der Waals surface area (Å²) in [4.78, 5) is 14.4. The molecule has 0 radical (unpaired) electrons. The maximum atomic E-state index is 12.0. The highest BCUT2D eigenvalue weighted by atomic mass is 16.5. The molecular weight excluding hydrogens is 252 g/mol. The molecule has 4 nitrogen and oxygen atoms in total. The molecule has 0 aliphatic rings. The number of rotatable bonds is 11. The molecule has 0 aromatic rings. The van der Waals surface area contributed by atoms with Crippen molar-refractivity contribution in [1.82, 2.24) is 10.2 Å². The second kappa shape index (κ2) is 11.1. The van der Waals surface area contributed by atoms with Crippen LogP contribution in [0, 0.1) is 5.92 Å². The second-order valence-electron chi connectivity index (χ2n) is 6.03. The monoisotopic (exact) mass is 286 g/mol. The van der Waals surface area contributed by atoms with Gasteiger partial charge in [0.2, 0.25) is 0 Å². The van der Waals surface area contributed by atoms with Crippen molar-refractivity contribution in [3.8, 4) is 0 Å². The Bertz CT molecular complexity index is 255. The third-order valence-electron chi connectivity index (χ3n) is 3.25. The van der Waals surface area contributed by atoms with Crippen LogP contribution in [0.4, 0.5) is 0 Å². The molecule has 0 aliphatic heterocycles. The Labute approximate surface area is 125 Å². The van der Waals surface area contributed by atoms with Gasteiger partial charge in [-0.2, -0.15) is 0 Å². The van der Waals surface area contributed by atoms with E-state index in [9.17, 15) is 4.79 Å². The Morgan fingerprint density at radius 3 is 2.30 bits per heavy atom. The van der Waals surface area contributed by atoms with E-state index in [4.69, 9.17) is 4.74 Å². The molecular formula is C16H34N2O2. The van der Waals surface area contributed by atoms with Gasteiger partial charge in [0.1, 0.15) is 6.04 Å². The van der Waals surface area contributed by atoms with Crippen molar-refractivity contribution in [2.24, 2.45) is 5.92 Å².